The van der Waals surface area contributed by atoms with E-state index in [-0.39, 0.29) is 20.1 Å². The number of furan rings is 2. The van der Waals surface area contributed by atoms with Gasteiger partial charge in [0.2, 0.25) is 0 Å². The largest absolute Gasteiger partial charge is 0.501 e. The maximum atomic E-state index is 6.46. The summed E-state index contributed by atoms with van der Waals surface area (Å²) in [5, 5.41) is 5.96. The van der Waals surface area contributed by atoms with Crippen molar-refractivity contribution in [2.75, 3.05) is 0 Å². The van der Waals surface area contributed by atoms with E-state index in [2.05, 4.69) is 131 Å². The van der Waals surface area contributed by atoms with Gasteiger partial charge in [-0.05, 0) is 95.3 Å². The van der Waals surface area contributed by atoms with Crippen LogP contribution in [0.1, 0.15) is 63.0 Å². The van der Waals surface area contributed by atoms with Gasteiger partial charge in [0.1, 0.15) is 11.2 Å². The van der Waals surface area contributed by atoms with E-state index in [9.17, 15) is 0 Å². The summed E-state index contributed by atoms with van der Waals surface area (Å²) in [7, 11) is -1.44. The monoisotopic (exact) mass is 993 g/mol. The molecular weight excluding hydrogens is 941 g/mol. The van der Waals surface area contributed by atoms with Crippen molar-refractivity contribution in [3.63, 3.8) is 0 Å². The van der Waals surface area contributed by atoms with Crippen molar-refractivity contribution in [2.24, 2.45) is 17.8 Å². The van der Waals surface area contributed by atoms with Crippen molar-refractivity contribution in [1.29, 1.82) is 0 Å². The van der Waals surface area contributed by atoms with Crippen LogP contribution < -0.4 is 5.19 Å². The number of hydrogen-bond donors (Lipinski definition) is 0. The molecule has 3 aliphatic carbocycles. The molecule has 1 radical (unpaired) electrons. The minimum absolute atomic E-state index is 0. The Labute approximate surface area is 374 Å². The first-order valence-electron chi connectivity index (χ1n) is 21.9. The summed E-state index contributed by atoms with van der Waals surface area (Å²) in [4.78, 5) is 9.57. The van der Waals surface area contributed by atoms with Crippen LogP contribution in [0.2, 0.25) is 19.6 Å². The van der Waals surface area contributed by atoms with Crippen molar-refractivity contribution >= 4 is 57.1 Å². The van der Waals surface area contributed by atoms with Crippen LogP contribution in [0.4, 0.5) is 0 Å². The molecule has 2 bridgehead atoms. The minimum atomic E-state index is -1.44. The van der Waals surface area contributed by atoms with E-state index in [0.717, 1.165) is 84.1 Å². The molecule has 9 aromatic rings. The number of aromatic nitrogens is 2. The Bertz CT molecular complexity index is 2990. The Morgan fingerprint density at radius 1 is 0.656 bits per heavy atom. The molecule has 61 heavy (non-hydrogen) atoms. The maximum Gasteiger partial charge on any atom is 0.121 e. The molecular formula is C55H52IrN2O2Si-2. The summed E-state index contributed by atoms with van der Waals surface area (Å²) >= 11 is 0. The van der Waals surface area contributed by atoms with E-state index < -0.39 is 8.07 Å². The second kappa shape index (κ2) is 17.0. The summed E-state index contributed by atoms with van der Waals surface area (Å²) in [6, 6.07) is 46.8. The van der Waals surface area contributed by atoms with Gasteiger partial charge < -0.3 is 18.8 Å². The number of para-hydroxylation sites is 1. The number of nitrogens with zero attached hydrogens (tertiary/aromatic N) is 2. The first-order valence-corrected chi connectivity index (χ1v) is 25.4. The molecule has 0 saturated heterocycles. The van der Waals surface area contributed by atoms with Crippen molar-refractivity contribution in [2.45, 2.75) is 77.9 Å². The summed E-state index contributed by atoms with van der Waals surface area (Å²) in [6.45, 7) is 11.6. The number of fused-ring (bicyclic) bond motifs is 9. The van der Waals surface area contributed by atoms with Gasteiger partial charge in [0, 0.05) is 43.3 Å². The fourth-order valence-electron chi connectivity index (χ4n) is 10.1. The number of rotatable bonds is 7. The molecule has 0 spiro atoms. The molecule has 4 aromatic heterocycles. The molecule has 4 heterocycles. The third kappa shape index (κ3) is 8.07. The molecule has 3 fully saturated rings. The second-order valence-corrected chi connectivity index (χ2v) is 23.6. The van der Waals surface area contributed by atoms with Gasteiger partial charge in [0.15, 0.2) is 0 Å². The van der Waals surface area contributed by atoms with Crippen LogP contribution in [-0.4, -0.2) is 18.0 Å². The van der Waals surface area contributed by atoms with Crippen LogP contribution in [0.5, 0.6) is 0 Å². The zero-order chi connectivity index (χ0) is 41.0. The zero-order valence-electron chi connectivity index (χ0n) is 35.7. The molecule has 6 heteroatoms. The molecule has 0 aliphatic heterocycles. The zero-order valence-corrected chi connectivity index (χ0v) is 39.1. The fraction of sp³-hybridized carbons (Fsp3) is 0.273. The van der Waals surface area contributed by atoms with E-state index in [0.29, 0.717) is 5.92 Å². The molecule has 0 amide bonds. The first kappa shape index (κ1) is 41.2. The predicted octanol–water partition coefficient (Wildman–Crippen LogP) is 14.6. The van der Waals surface area contributed by atoms with E-state index in [1.807, 2.05) is 42.6 Å². The molecule has 4 nitrogen and oxygen atoms in total. The Hall–Kier alpha value is -5.13. The summed E-state index contributed by atoms with van der Waals surface area (Å²) in [5.74, 6) is 3.19. The average Bonchev–Trinajstić information content (AvgIpc) is 3.85. The van der Waals surface area contributed by atoms with E-state index >= 15 is 0 Å². The molecule has 1 atom stereocenters. The van der Waals surface area contributed by atoms with Crippen LogP contribution in [0.3, 0.4) is 0 Å². The molecule has 12 rings (SSSR count). The van der Waals surface area contributed by atoms with Gasteiger partial charge in [-0.3, -0.25) is 0 Å². The number of pyridine rings is 2. The maximum absolute atomic E-state index is 6.46. The van der Waals surface area contributed by atoms with Gasteiger partial charge in [-0.15, -0.1) is 36.4 Å². The van der Waals surface area contributed by atoms with Gasteiger partial charge in [0.25, 0.3) is 0 Å². The Kier molecular flexibility index (Phi) is 11.5. The van der Waals surface area contributed by atoms with Crippen molar-refractivity contribution < 1.29 is 28.9 Å². The standard InChI is InChI=1S/C32H28NO.C23H24NOSi.Ir/c1-2-5-23(6-3-1)25-13-14-27-28-7-4-8-29(32(28)34-31(27)20-25)30-19-22(15-16-33-30)18-26-17-21-9-11-24(26)12-10-21;1-15(2)19-13-20(24-14-22(19)26(3,4)5)18-11-8-10-17-16-9-6-7-12-21(16)25-23(17)18;/h1-7,13-16,19-21,24,26H,9-12,17-18H2;6-10,12-15H,1-5H3;/q2*-1;. The molecule has 5 aromatic carbocycles. The van der Waals surface area contributed by atoms with Crippen LogP contribution in [0.25, 0.3) is 77.5 Å². The van der Waals surface area contributed by atoms with Gasteiger partial charge in [0.05, 0.1) is 19.2 Å². The smallest absolute Gasteiger partial charge is 0.121 e. The van der Waals surface area contributed by atoms with Gasteiger partial charge in [-0.2, -0.15) is 0 Å². The number of hydrogen-bond acceptors (Lipinski definition) is 4. The third-order valence-corrected chi connectivity index (χ3v) is 15.3. The van der Waals surface area contributed by atoms with Crippen LogP contribution in [0.15, 0.2) is 136 Å². The second-order valence-electron chi connectivity index (χ2n) is 18.6. The first-order chi connectivity index (χ1) is 29.2. The van der Waals surface area contributed by atoms with Crippen molar-refractivity contribution in [3.05, 3.63) is 151 Å². The van der Waals surface area contributed by atoms with Crippen LogP contribution >= 0.6 is 0 Å². The normalized spacial score (nSPS) is 17.5. The fourth-order valence-corrected chi connectivity index (χ4v) is 11.8. The minimum Gasteiger partial charge on any atom is -0.501 e. The Morgan fingerprint density at radius 2 is 1.31 bits per heavy atom. The topological polar surface area (TPSA) is 52.1 Å². The molecule has 3 saturated carbocycles. The van der Waals surface area contributed by atoms with E-state index in [4.69, 9.17) is 18.8 Å². The summed E-state index contributed by atoms with van der Waals surface area (Å²) in [5.41, 5.74) is 12.5. The van der Waals surface area contributed by atoms with E-state index in [1.54, 1.807) is 0 Å². The van der Waals surface area contributed by atoms with Crippen molar-refractivity contribution in [1.82, 2.24) is 9.97 Å². The average molecular weight is 993 g/mol. The van der Waals surface area contributed by atoms with Gasteiger partial charge in [-0.25, -0.2) is 0 Å². The van der Waals surface area contributed by atoms with E-state index in [1.165, 1.54) is 66.0 Å². The molecule has 1 unspecified atom stereocenters. The van der Waals surface area contributed by atoms with Crippen LogP contribution in [-0.2, 0) is 26.5 Å². The van der Waals surface area contributed by atoms with Gasteiger partial charge >= 0.3 is 0 Å². The molecule has 3 aliphatic rings. The molecule has 0 N–H and O–H groups in total. The SMILES string of the molecule is CC(C)c1cc(-c2[c-]ccc3c2oc2ccccc23)ncc1[Si](C)(C)C.[Ir].[c-]1ccc2c(oc3cc(-c4ccccc4)ccc32)c1-c1cc(CC2CC3CCC2CC3)ccn1. The quantitative estimate of drug-likeness (QED) is 0.118. The third-order valence-electron chi connectivity index (χ3n) is 13.3. The molecule has 309 valence electrons. The summed E-state index contributed by atoms with van der Waals surface area (Å²) < 4.78 is 12.6. The summed E-state index contributed by atoms with van der Waals surface area (Å²) in [6.07, 6.45) is 12.4. The van der Waals surface area contributed by atoms with Crippen LogP contribution in [0, 0.1) is 29.9 Å². The predicted molar refractivity (Wildman–Crippen MR) is 251 cm³/mol. The Balaban J connectivity index is 0.000000159. The van der Waals surface area contributed by atoms with Crippen molar-refractivity contribution in [3.8, 4) is 33.6 Å². The Morgan fingerprint density at radius 3 is 1.98 bits per heavy atom. The number of benzene rings is 5. The van der Waals surface area contributed by atoms with Gasteiger partial charge in [-0.1, -0.05) is 152 Å².